The molecule has 1 aliphatic heterocycles. The van der Waals surface area contributed by atoms with Crippen LogP contribution in [-0.4, -0.2) is 24.5 Å². The first-order chi connectivity index (χ1) is 15.3. The molecular formula is C27H28N2O3. The minimum absolute atomic E-state index is 0.160. The third-order valence-electron chi connectivity index (χ3n) is 6.06. The Hall–Kier alpha value is -3.60. The lowest BCUT2D eigenvalue weighted by molar-refractivity contribution is -0.126. The number of rotatable bonds is 5. The molecule has 1 heterocycles. The molecule has 3 aromatic rings. The maximum Gasteiger partial charge on any atom is 0.259 e. The van der Waals surface area contributed by atoms with Crippen LogP contribution in [0.25, 0.3) is 0 Å². The van der Waals surface area contributed by atoms with Crippen LogP contribution in [0.1, 0.15) is 39.5 Å². The molecule has 32 heavy (non-hydrogen) atoms. The van der Waals surface area contributed by atoms with Gasteiger partial charge in [0.15, 0.2) is 0 Å². The molecular weight excluding hydrogens is 400 g/mol. The second kappa shape index (κ2) is 8.50. The summed E-state index contributed by atoms with van der Waals surface area (Å²) < 4.78 is 5.41. The van der Waals surface area contributed by atoms with Gasteiger partial charge in [0.2, 0.25) is 5.91 Å². The van der Waals surface area contributed by atoms with Gasteiger partial charge >= 0.3 is 0 Å². The highest BCUT2D eigenvalue weighted by atomic mass is 16.5. The largest absolute Gasteiger partial charge is 0.496 e. The minimum atomic E-state index is -1.08. The Bertz CT molecular complexity index is 1170. The van der Waals surface area contributed by atoms with Crippen LogP contribution < -0.4 is 15.0 Å². The van der Waals surface area contributed by atoms with Gasteiger partial charge in [-0.3, -0.25) is 14.5 Å². The number of carbonyl (C=O) groups excluding carboxylic acids is 2. The van der Waals surface area contributed by atoms with Crippen molar-refractivity contribution in [1.82, 2.24) is 5.32 Å². The van der Waals surface area contributed by atoms with Crippen molar-refractivity contribution in [2.45, 2.75) is 39.3 Å². The van der Waals surface area contributed by atoms with E-state index in [4.69, 9.17) is 4.74 Å². The lowest BCUT2D eigenvalue weighted by Crippen LogP contribution is -2.63. The van der Waals surface area contributed by atoms with Crippen LogP contribution in [0.2, 0.25) is 0 Å². The third kappa shape index (κ3) is 3.86. The minimum Gasteiger partial charge on any atom is -0.496 e. The first kappa shape index (κ1) is 21.6. The molecule has 1 atom stereocenters. The number of ether oxygens (including phenoxy) is 1. The van der Waals surface area contributed by atoms with Crippen LogP contribution in [0.3, 0.4) is 0 Å². The molecule has 0 radical (unpaired) electrons. The highest BCUT2D eigenvalue weighted by molar-refractivity contribution is 6.14. The fourth-order valence-electron chi connectivity index (χ4n) is 4.56. The lowest BCUT2D eigenvalue weighted by atomic mass is 9.82. The summed E-state index contributed by atoms with van der Waals surface area (Å²) in [6.45, 7) is 6.15. The zero-order valence-corrected chi connectivity index (χ0v) is 18.9. The molecule has 0 bridgehead atoms. The van der Waals surface area contributed by atoms with Gasteiger partial charge in [0.1, 0.15) is 11.3 Å². The monoisotopic (exact) mass is 428 g/mol. The topological polar surface area (TPSA) is 58.6 Å². The van der Waals surface area contributed by atoms with E-state index in [1.165, 1.54) is 0 Å². The van der Waals surface area contributed by atoms with Crippen molar-refractivity contribution in [3.63, 3.8) is 0 Å². The molecule has 1 N–H and O–H groups in total. The fraction of sp³-hybridized carbons (Fsp3) is 0.259. The van der Waals surface area contributed by atoms with Crippen molar-refractivity contribution in [2.24, 2.45) is 0 Å². The Morgan fingerprint density at radius 2 is 1.69 bits per heavy atom. The van der Waals surface area contributed by atoms with Crippen molar-refractivity contribution in [2.75, 3.05) is 12.0 Å². The van der Waals surface area contributed by atoms with Crippen molar-refractivity contribution in [1.29, 1.82) is 0 Å². The number of benzene rings is 3. The molecule has 2 amide bonds. The molecule has 164 valence electrons. The van der Waals surface area contributed by atoms with Crippen LogP contribution in [-0.2, 0) is 17.8 Å². The van der Waals surface area contributed by atoms with E-state index in [0.717, 1.165) is 27.9 Å². The number of para-hydroxylation sites is 1. The van der Waals surface area contributed by atoms with Gasteiger partial charge in [0.05, 0.1) is 7.11 Å². The highest BCUT2D eigenvalue weighted by Crippen LogP contribution is 2.36. The molecule has 0 spiro atoms. The number of hydrogen-bond acceptors (Lipinski definition) is 3. The summed E-state index contributed by atoms with van der Waals surface area (Å²) in [5.74, 6) is 0.353. The summed E-state index contributed by atoms with van der Waals surface area (Å²) in [5.41, 5.74) is 4.15. The van der Waals surface area contributed by atoms with Crippen LogP contribution in [0.4, 0.5) is 5.69 Å². The Balaban J connectivity index is 1.74. The molecule has 4 rings (SSSR count). The standard InChI is InChI=1S/C27H28N2O3/c1-18-13-19(2)15-22(14-18)29-25(30)23-11-7-5-9-20(23)16-27(29,3)26(31)28-17-21-10-6-8-12-24(21)32-4/h5-15H,16-17H2,1-4H3,(H,28,31)/t27-/m1/s1. The highest BCUT2D eigenvalue weighted by Gasteiger charge is 2.47. The lowest BCUT2D eigenvalue weighted by Gasteiger charge is -2.44. The maximum atomic E-state index is 13.7. The quantitative estimate of drug-likeness (QED) is 0.647. The second-order valence-corrected chi connectivity index (χ2v) is 8.59. The average Bonchev–Trinajstić information content (AvgIpc) is 2.77. The molecule has 0 saturated heterocycles. The number of amides is 2. The van der Waals surface area contributed by atoms with Gasteiger partial charge in [-0.05, 0) is 61.7 Å². The smallest absolute Gasteiger partial charge is 0.259 e. The number of nitrogens with one attached hydrogen (secondary N) is 1. The van der Waals surface area contributed by atoms with Gasteiger partial charge < -0.3 is 10.1 Å². The predicted molar refractivity (Wildman–Crippen MR) is 126 cm³/mol. The summed E-state index contributed by atoms with van der Waals surface area (Å²) in [6.07, 6.45) is 0.430. The first-order valence-electron chi connectivity index (χ1n) is 10.7. The second-order valence-electron chi connectivity index (χ2n) is 8.59. The number of methoxy groups -OCH3 is 1. The van der Waals surface area contributed by atoms with E-state index in [1.807, 2.05) is 81.4 Å². The van der Waals surface area contributed by atoms with Crippen molar-refractivity contribution < 1.29 is 14.3 Å². The van der Waals surface area contributed by atoms with E-state index in [2.05, 4.69) is 11.4 Å². The van der Waals surface area contributed by atoms with Crippen LogP contribution >= 0.6 is 0 Å². The number of anilines is 1. The number of fused-ring (bicyclic) bond motifs is 1. The molecule has 0 aliphatic carbocycles. The zero-order chi connectivity index (χ0) is 22.9. The number of aryl methyl sites for hydroxylation is 2. The predicted octanol–water partition coefficient (Wildman–Crippen LogP) is 4.59. The molecule has 0 aromatic heterocycles. The van der Waals surface area contributed by atoms with Gasteiger partial charge in [-0.1, -0.05) is 42.5 Å². The Morgan fingerprint density at radius 1 is 1.03 bits per heavy atom. The van der Waals surface area contributed by atoms with E-state index < -0.39 is 5.54 Å². The molecule has 0 unspecified atom stereocenters. The van der Waals surface area contributed by atoms with Crippen molar-refractivity contribution >= 4 is 17.5 Å². The summed E-state index contributed by atoms with van der Waals surface area (Å²) in [4.78, 5) is 29.0. The molecule has 1 aliphatic rings. The average molecular weight is 429 g/mol. The Morgan fingerprint density at radius 3 is 2.41 bits per heavy atom. The number of hydrogen-bond donors (Lipinski definition) is 1. The van der Waals surface area contributed by atoms with E-state index >= 15 is 0 Å². The first-order valence-corrected chi connectivity index (χ1v) is 10.7. The molecule has 0 saturated carbocycles. The molecule has 3 aromatic carbocycles. The van der Waals surface area contributed by atoms with E-state index in [-0.39, 0.29) is 11.8 Å². The van der Waals surface area contributed by atoms with E-state index in [1.54, 1.807) is 12.0 Å². The number of carbonyl (C=O) groups is 2. The van der Waals surface area contributed by atoms with Gasteiger partial charge in [-0.15, -0.1) is 0 Å². The number of nitrogens with zero attached hydrogens (tertiary/aromatic N) is 1. The van der Waals surface area contributed by atoms with Crippen molar-refractivity contribution in [3.8, 4) is 5.75 Å². The summed E-state index contributed by atoms with van der Waals surface area (Å²) in [5, 5.41) is 3.05. The van der Waals surface area contributed by atoms with Gasteiger partial charge in [-0.2, -0.15) is 0 Å². The van der Waals surface area contributed by atoms with Crippen LogP contribution in [0.15, 0.2) is 66.7 Å². The summed E-state index contributed by atoms with van der Waals surface area (Å²) in [6, 6.07) is 21.1. The van der Waals surface area contributed by atoms with Gasteiger partial charge in [0, 0.05) is 29.8 Å². The fourth-order valence-corrected chi connectivity index (χ4v) is 4.56. The van der Waals surface area contributed by atoms with Gasteiger partial charge in [-0.25, -0.2) is 0 Å². The molecule has 5 nitrogen and oxygen atoms in total. The molecule has 5 heteroatoms. The normalized spacial score (nSPS) is 17.6. The van der Waals surface area contributed by atoms with E-state index in [9.17, 15) is 9.59 Å². The Labute approximate surface area is 189 Å². The van der Waals surface area contributed by atoms with E-state index in [0.29, 0.717) is 24.3 Å². The summed E-state index contributed by atoms with van der Waals surface area (Å²) in [7, 11) is 1.61. The molecule has 0 fully saturated rings. The van der Waals surface area contributed by atoms with Crippen LogP contribution in [0, 0.1) is 13.8 Å². The van der Waals surface area contributed by atoms with Crippen molar-refractivity contribution in [3.05, 3.63) is 94.5 Å². The Kier molecular flexibility index (Phi) is 5.74. The zero-order valence-electron chi connectivity index (χ0n) is 18.9. The summed E-state index contributed by atoms with van der Waals surface area (Å²) >= 11 is 0. The SMILES string of the molecule is COc1ccccc1CNC(=O)[C@@]1(C)Cc2ccccc2C(=O)N1c1cc(C)cc(C)c1. The van der Waals surface area contributed by atoms with Gasteiger partial charge in [0.25, 0.3) is 5.91 Å². The van der Waals surface area contributed by atoms with Crippen LogP contribution in [0.5, 0.6) is 5.75 Å². The third-order valence-corrected chi connectivity index (χ3v) is 6.06. The maximum absolute atomic E-state index is 13.7.